The van der Waals surface area contributed by atoms with Crippen LogP contribution in [0.4, 0.5) is 5.69 Å². The molecule has 0 bridgehead atoms. The van der Waals surface area contributed by atoms with E-state index in [4.69, 9.17) is 5.73 Å². The molecule has 2 aromatic rings. The lowest BCUT2D eigenvalue weighted by Crippen LogP contribution is -2.20. The zero-order valence-corrected chi connectivity index (χ0v) is 12.9. The van der Waals surface area contributed by atoms with Gasteiger partial charge < -0.3 is 5.73 Å². The molecule has 1 heterocycles. The first-order chi connectivity index (χ1) is 10.2. The van der Waals surface area contributed by atoms with E-state index < -0.39 is 5.25 Å². The van der Waals surface area contributed by atoms with Crippen LogP contribution in [0.3, 0.4) is 0 Å². The minimum absolute atomic E-state index is 0.339. The molecule has 2 N–H and O–H groups in total. The van der Waals surface area contributed by atoms with E-state index in [1.54, 1.807) is 11.8 Å². The van der Waals surface area contributed by atoms with Gasteiger partial charge in [-0.1, -0.05) is 72.1 Å². The minimum atomic E-state index is -0.400. The molecule has 1 atom stereocenters. The standard InChI is InChI=1S/C16H14N2OS2/c17-15(19)14(11-6-2-1-3-7-11)21-16-18-13-9-5-4-8-12(13)10-20-16/h1-9,14H,10H2,(H2,17,19). The van der Waals surface area contributed by atoms with Gasteiger partial charge >= 0.3 is 0 Å². The van der Waals surface area contributed by atoms with Crippen molar-refractivity contribution in [2.75, 3.05) is 0 Å². The summed E-state index contributed by atoms with van der Waals surface area (Å²) >= 11 is 3.08. The number of aliphatic imine (C=N–C) groups is 1. The molecule has 1 unspecified atom stereocenters. The molecule has 5 heteroatoms. The van der Waals surface area contributed by atoms with E-state index in [9.17, 15) is 4.79 Å². The first-order valence-electron chi connectivity index (χ1n) is 6.54. The normalized spacial score (nSPS) is 15.0. The number of nitrogens with zero attached hydrogens (tertiary/aromatic N) is 1. The molecule has 1 aliphatic heterocycles. The summed E-state index contributed by atoms with van der Waals surface area (Å²) in [5, 5.41) is -0.400. The van der Waals surface area contributed by atoms with Crippen LogP contribution in [0.1, 0.15) is 16.4 Å². The summed E-state index contributed by atoms with van der Waals surface area (Å²) in [4.78, 5) is 16.4. The molecular formula is C16H14N2OS2. The highest BCUT2D eigenvalue weighted by atomic mass is 32.2. The monoisotopic (exact) mass is 314 g/mol. The van der Waals surface area contributed by atoms with Gasteiger partial charge in [-0.15, -0.1) is 0 Å². The van der Waals surface area contributed by atoms with Gasteiger partial charge in [0.1, 0.15) is 9.63 Å². The molecule has 0 radical (unpaired) electrons. The summed E-state index contributed by atoms with van der Waals surface area (Å²) in [5.41, 5.74) is 8.68. The Hall–Kier alpha value is -1.72. The Morgan fingerprint density at radius 1 is 1.14 bits per heavy atom. The molecule has 0 aliphatic carbocycles. The number of carbonyl (C=O) groups excluding carboxylic acids is 1. The molecule has 0 fully saturated rings. The highest BCUT2D eigenvalue weighted by Gasteiger charge is 2.23. The summed E-state index contributed by atoms with van der Waals surface area (Å²) in [6.07, 6.45) is 0. The first-order valence-corrected chi connectivity index (χ1v) is 8.41. The van der Waals surface area contributed by atoms with Gasteiger partial charge in [0.15, 0.2) is 0 Å². The van der Waals surface area contributed by atoms with E-state index in [1.807, 2.05) is 48.5 Å². The third-order valence-electron chi connectivity index (χ3n) is 3.13. The maximum Gasteiger partial charge on any atom is 0.235 e. The average molecular weight is 314 g/mol. The predicted molar refractivity (Wildman–Crippen MR) is 90.8 cm³/mol. The maximum absolute atomic E-state index is 11.8. The molecule has 1 amide bonds. The van der Waals surface area contributed by atoms with Gasteiger partial charge in [0.2, 0.25) is 5.91 Å². The highest BCUT2D eigenvalue weighted by Crippen LogP contribution is 2.40. The molecule has 2 aromatic carbocycles. The summed E-state index contributed by atoms with van der Waals surface area (Å²) in [6, 6.07) is 17.7. The van der Waals surface area contributed by atoms with Gasteiger partial charge in [-0.3, -0.25) is 4.79 Å². The zero-order valence-electron chi connectivity index (χ0n) is 11.2. The molecule has 3 rings (SSSR count). The lowest BCUT2D eigenvalue weighted by atomic mass is 10.1. The van der Waals surface area contributed by atoms with Gasteiger partial charge in [-0.2, -0.15) is 0 Å². The Bertz CT molecular complexity index is 686. The fourth-order valence-electron chi connectivity index (χ4n) is 2.09. The second-order valence-corrected chi connectivity index (χ2v) is 6.92. The molecule has 0 aromatic heterocycles. The van der Waals surface area contributed by atoms with Gasteiger partial charge in [-0.25, -0.2) is 4.99 Å². The van der Waals surface area contributed by atoms with E-state index in [-0.39, 0.29) is 5.91 Å². The van der Waals surface area contributed by atoms with Crippen LogP contribution >= 0.6 is 23.5 Å². The largest absolute Gasteiger partial charge is 0.368 e. The Morgan fingerprint density at radius 2 is 1.86 bits per heavy atom. The number of benzene rings is 2. The zero-order chi connectivity index (χ0) is 14.7. The van der Waals surface area contributed by atoms with E-state index in [2.05, 4.69) is 11.1 Å². The topological polar surface area (TPSA) is 55.5 Å². The van der Waals surface area contributed by atoms with Crippen LogP contribution in [0.15, 0.2) is 59.6 Å². The van der Waals surface area contributed by atoms with Crippen molar-refractivity contribution >= 4 is 39.5 Å². The smallest absolute Gasteiger partial charge is 0.235 e. The van der Waals surface area contributed by atoms with Crippen LogP contribution in [-0.4, -0.2) is 10.3 Å². The van der Waals surface area contributed by atoms with Crippen LogP contribution in [0.2, 0.25) is 0 Å². The lowest BCUT2D eigenvalue weighted by Gasteiger charge is -2.18. The Morgan fingerprint density at radius 3 is 2.62 bits per heavy atom. The quantitative estimate of drug-likeness (QED) is 0.935. The number of nitrogens with two attached hydrogens (primary N) is 1. The first kappa shape index (κ1) is 14.2. The SMILES string of the molecule is NC(=O)C(SC1=Nc2ccccc2CS1)c1ccccc1. The maximum atomic E-state index is 11.8. The number of rotatable bonds is 3. The number of para-hydroxylation sites is 1. The third-order valence-corrected chi connectivity index (χ3v) is 5.60. The second kappa shape index (κ2) is 6.37. The van der Waals surface area contributed by atoms with E-state index in [0.29, 0.717) is 0 Å². The number of carbonyl (C=O) groups is 1. The Labute approximate surface area is 132 Å². The summed E-state index contributed by atoms with van der Waals surface area (Å²) in [6.45, 7) is 0. The second-order valence-electron chi connectivity index (χ2n) is 4.61. The Kier molecular flexibility index (Phi) is 4.31. The van der Waals surface area contributed by atoms with Crippen LogP contribution in [-0.2, 0) is 10.5 Å². The average Bonchev–Trinajstić information content (AvgIpc) is 2.53. The summed E-state index contributed by atoms with van der Waals surface area (Å²) in [7, 11) is 0. The van der Waals surface area contributed by atoms with Crippen LogP contribution in [0.5, 0.6) is 0 Å². The van der Waals surface area contributed by atoms with Crippen molar-refractivity contribution in [3.8, 4) is 0 Å². The molecule has 106 valence electrons. The van der Waals surface area contributed by atoms with Gasteiger partial charge in [0.25, 0.3) is 0 Å². The molecule has 0 spiro atoms. The van der Waals surface area contributed by atoms with Gasteiger partial charge in [-0.05, 0) is 17.2 Å². The van der Waals surface area contributed by atoms with E-state index in [0.717, 1.165) is 21.4 Å². The van der Waals surface area contributed by atoms with Crippen molar-refractivity contribution in [1.82, 2.24) is 0 Å². The molecule has 21 heavy (non-hydrogen) atoms. The van der Waals surface area contributed by atoms with Crippen molar-refractivity contribution in [1.29, 1.82) is 0 Å². The Balaban J connectivity index is 1.85. The molecule has 0 saturated heterocycles. The van der Waals surface area contributed by atoms with Crippen molar-refractivity contribution in [3.63, 3.8) is 0 Å². The summed E-state index contributed by atoms with van der Waals surface area (Å²) < 4.78 is 0.890. The minimum Gasteiger partial charge on any atom is -0.368 e. The number of primary amides is 1. The number of hydrogen-bond acceptors (Lipinski definition) is 4. The molecule has 0 saturated carbocycles. The number of hydrogen-bond donors (Lipinski definition) is 1. The summed E-state index contributed by atoms with van der Waals surface area (Å²) in [5.74, 6) is 0.538. The van der Waals surface area contributed by atoms with Crippen molar-refractivity contribution in [2.24, 2.45) is 10.7 Å². The molecule has 3 nitrogen and oxygen atoms in total. The molecule has 1 aliphatic rings. The predicted octanol–water partition coefficient (Wildman–Crippen LogP) is 3.88. The van der Waals surface area contributed by atoms with Crippen LogP contribution in [0.25, 0.3) is 0 Å². The highest BCUT2D eigenvalue weighted by molar-refractivity contribution is 8.38. The van der Waals surface area contributed by atoms with Crippen molar-refractivity contribution in [2.45, 2.75) is 11.0 Å². The fourth-order valence-corrected chi connectivity index (χ4v) is 4.28. The number of amides is 1. The van der Waals surface area contributed by atoms with E-state index in [1.165, 1.54) is 17.3 Å². The van der Waals surface area contributed by atoms with Gasteiger partial charge in [0.05, 0.1) is 5.69 Å². The fraction of sp³-hybridized carbons (Fsp3) is 0.125. The van der Waals surface area contributed by atoms with E-state index >= 15 is 0 Å². The number of thioether (sulfide) groups is 2. The number of fused-ring (bicyclic) bond motifs is 1. The van der Waals surface area contributed by atoms with Crippen molar-refractivity contribution < 1.29 is 4.79 Å². The van der Waals surface area contributed by atoms with Gasteiger partial charge in [0, 0.05) is 5.75 Å². The van der Waals surface area contributed by atoms with Crippen LogP contribution in [0, 0.1) is 0 Å². The third kappa shape index (κ3) is 3.31. The molecular weight excluding hydrogens is 300 g/mol. The lowest BCUT2D eigenvalue weighted by molar-refractivity contribution is -0.117. The van der Waals surface area contributed by atoms with Crippen LogP contribution < -0.4 is 5.73 Å². The van der Waals surface area contributed by atoms with Crippen molar-refractivity contribution in [3.05, 3.63) is 65.7 Å².